The van der Waals surface area contributed by atoms with Crippen LogP contribution in [0.3, 0.4) is 0 Å². The Balaban J connectivity index is 2.21. The summed E-state index contributed by atoms with van der Waals surface area (Å²) < 4.78 is 18.8. The van der Waals surface area contributed by atoms with Crippen LogP contribution in [0.4, 0.5) is 9.18 Å². The van der Waals surface area contributed by atoms with Crippen LogP contribution in [-0.2, 0) is 0 Å². The first kappa shape index (κ1) is 12.4. The molecule has 1 aliphatic heterocycles. The van der Waals surface area contributed by atoms with Crippen LogP contribution in [0.25, 0.3) is 5.57 Å². The van der Waals surface area contributed by atoms with E-state index in [0.717, 1.165) is 5.57 Å². The number of rotatable bonds is 2. The second-order valence-electron chi connectivity index (χ2n) is 4.05. The number of halogens is 1. The average Bonchev–Trinajstić information content (AvgIpc) is 2.38. The van der Waals surface area contributed by atoms with Crippen LogP contribution in [0.5, 0.6) is 5.75 Å². The molecule has 1 aliphatic rings. The average molecular weight is 251 g/mol. The number of methoxy groups -OCH3 is 1. The van der Waals surface area contributed by atoms with E-state index in [1.165, 1.54) is 18.1 Å². The SMILES string of the molecule is COc1ccc(C2=CCN(C(=O)O)CC2)c(F)c1. The van der Waals surface area contributed by atoms with Gasteiger partial charge in [-0.3, -0.25) is 0 Å². The molecule has 0 saturated carbocycles. The first-order valence-corrected chi connectivity index (χ1v) is 5.62. The Morgan fingerprint density at radius 3 is 2.78 bits per heavy atom. The van der Waals surface area contributed by atoms with Gasteiger partial charge in [0.25, 0.3) is 0 Å². The van der Waals surface area contributed by atoms with Crippen molar-refractivity contribution in [3.8, 4) is 5.75 Å². The van der Waals surface area contributed by atoms with Crippen molar-refractivity contribution in [2.24, 2.45) is 0 Å². The summed E-state index contributed by atoms with van der Waals surface area (Å²) in [5, 5.41) is 8.82. The second kappa shape index (κ2) is 5.08. The van der Waals surface area contributed by atoms with Crippen LogP contribution in [0, 0.1) is 5.82 Å². The molecule has 4 nitrogen and oxygen atoms in total. The van der Waals surface area contributed by atoms with Crippen molar-refractivity contribution >= 4 is 11.7 Å². The second-order valence-corrected chi connectivity index (χ2v) is 4.05. The normalized spacial score (nSPS) is 15.2. The van der Waals surface area contributed by atoms with Crippen molar-refractivity contribution in [2.45, 2.75) is 6.42 Å². The number of hydrogen-bond donors (Lipinski definition) is 1. The molecule has 0 atom stereocenters. The van der Waals surface area contributed by atoms with E-state index in [2.05, 4.69) is 0 Å². The van der Waals surface area contributed by atoms with Crippen LogP contribution < -0.4 is 4.74 Å². The summed E-state index contributed by atoms with van der Waals surface area (Å²) in [6.45, 7) is 0.697. The van der Waals surface area contributed by atoms with Crippen molar-refractivity contribution in [1.82, 2.24) is 4.90 Å². The third-order valence-corrected chi connectivity index (χ3v) is 3.00. The third kappa shape index (κ3) is 2.45. The maximum atomic E-state index is 13.8. The molecule has 1 amide bonds. The standard InChI is InChI=1S/C13H14FNO3/c1-18-10-2-3-11(12(14)8-10)9-4-6-15(7-5-9)13(16)17/h2-4,8H,5-7H2,1H3,(H,16,17). The minimum Gasteiger partial charge on any atom is -0.497 e. The minimum absolute atomic E-state index is 0.302. The van der Waals surface area contributed by atoms with Crippen LogP contribution in [0.2, 0.25) is 0 Å². The van der Waals surface area contributed by atoms with E-state index in [4.69, 9.17) is 9.84 Å². The van der Waals surface area contributed by atoms with Gasteiger partial charge in [0.2, 0.25) is 0 Å². The summed E-state index contributed by atoms with van der Waals surface area (Å²) in [5.74, 6) is 0.129. The van der Waals surface area contributed by atoms with Gasteiger partial charge in [0.1, 0.15) is 11.6 Å². The van der Waals surface area contributed by atoms with E-state index in [9.17, 15) is 9.18 Å². The zero-order valence-electron chi connectivity index (χ0n) is 10.0. The fourth-order valence-electron chi connectivity index (χ4n) is 1.97. The largest absolute Gasteiger partial charge is 0.497 e. The van der Waals surface area contributed by atoms with Gasteiger partial charge < -0.3 is 14.7 Å². The van der Waals surface area contributed by atoms with E-state index in [1.54, 1.807) is 18.2 Å². The Morgan fingerprint density at radius 2 is 2.28 bits per heavy atom. The molecule has 96 valence electrons. The van der Waals surface area contributed by atoms with Gasteiger partial charge in [-0.2, -0.15) is 0 Å². The predicted molar refractivity (Wildman–Crippen MR) is 65.1 cm³/mol. The summed E-state index contributed by atoms with van der Waals surface area (Å²) >= 11 is 0. The van der Waals surface area contributed by atoms with Gasteiger partial charge in [-0.05, 0) is 24.1 Å². The van der Waals surface area contributed by atoms with Gasteiger partial charge in [0.05, 0.1) is 7.11 Å². The minimum atomic E-state index is -0.944. The van der Waals surface area contributed by atoms with Crippen molar-refractivity contribution in [3.63, 3.8) is 0 Å². The maximum absolute atomic E-state index is 13.8. The van der Waals surface area contributed by atoms with Crippen molar-refractivity contribution < 1.29 is 19.0 Å². The molecule has 0 unspecified atom stereocenters. The molecule has 1 N–H and O–H groups in total. The number of benzene rings is 1. The first-order chi connectivity index (χ1) is 8.61. The van der Waals surface area contributed by atoms with Gasteiger partial charge in [-0.15, -0.1) is 0 Å². The van der Waals surface area contributed by atoms with Crippen molar-refractivity contribution in [2.75, 3.05) is 20.2 Å². The summed E-state index contributed by atoms with van der Waals surface area (Å²) in [7, 11) is 1.49. The zero-order valence-corrected chi connectivity index (χ0v) is 10.0. The number of carboxylic acid groups (broad SMARTS) is 1. The lowest BCUT2D eigenvalue weighted by Crippen LogP contribution is -2.33. The lowest BCUT2D eigenvalue weighted by atomic mass is 9.99. The molecule has 0 fully saturated rings. The van der Waals surface area contributed by atoms with E-state index in [0.29, 0.717) is 30.8 Å². The highest BCUT2D eigenvalue weighted by atomic mass is 19.1. The quantitative estimate of drug-likeness (QED) is 0.879. The molecule has 0 spiro atoms. The molecule has 0 aromatic heterocycles. The van der Waals surface area contributed by atoms with Crippen LogP contribution in [0.15, 0.2) is 24.3 Å². The number of amides is 1. The van der Waals surface area contributed by atoms with Crippen molar-refractivity contribution in [3.05, 3.63) is 35.7 Å². The number of carbonyl (C=O) groups is 1. The fourth-order valence-corrected chi connectivity index (χ4v) is 1.97. The highest BCUT2D eigenvalue weighted by Crippen LogP contribution is 2.27. The van der Waals surface area contributed by atoms with E-state index in [-0.39, 0.29) is 5.82 Å². The fraction of sp³-hybridized carbons (Fsp3) is 0.308. The Labute approximate surface area is 104 Å². The van der Waals surface area contributed by atoms with E-state index >= 15 is 0 Å². The van der Waals surface area contributed by atoms with Crippen molar-refractivity contribution in [1.29, 1.82) is 0 Å². The molecular weight excluding hydrogens is 237 g/mol. The molecule has 0 aliphatic carbocycles. The first-order valence-electron chi connectivity index (χ1n) is 5.62. The molecule has 1 aromatic rings. The number of ether oxygens (including phenoxy) is 1. The highest BCUT2D eigenvalue weighted by Gasteiger charge is 2.18. The van der Waals surface area contributed by atoms with Gasteiger partial charge in [-0.1, -0.05) is 6.08 Å². The van der Waals surface area contributed by atoms with Gasteiger partial charge in [0, 0.05) is 24.7 Å². The Hall–Kier alpha value is -2.04. The molecule has 18 heavy (non-hydrogen) atoms. The number of hydrogen-bond acceptors (Lipinski definition) is 2. The van der Waals surface area contributed by atoms with Gasteiger partial charge >= 0.3 is 6.09 Å². The van der Waals surface area contributed by atoms with Crippen LogP contribution in [0.1, 0.15) is 12.0 Å². The zero-order chi connectivity index (χ0) is 13.1. The van der Waals surface area contributed by atoms with Gasteiger partial charge in [-0.25, -0.2) is 9.18 Å². The molecule has 1 heterocycles. The lowest BCUT2D eigenvalue weighted by molar-refractivity contribution is 0.150. The third-order valence-electron chi connectivity index (χ3n) is 3.00. The van der Waals surface area contributed by atoms with Crippen LogP contribution in [-0.4, -0.2) is 36.3 Å². The molecule has 0 saturated heterocycles. The molecule has 1 aromatic carbocycles. The molecule has 0 bridgehead atoms. The Morgan fingerprint density at radius 1 is 1.50 bits per heavy atom. The highest BCUT2D eigenvalue weighted by molar-refractivity contribution is 5.71. The lowest BCUT2D eigenvalue weighted by Gasteiger charge is -2.24. The topological polar surface area (TPSA) is 49.8 Å². The summed E-state index contributed by atoms with van der Waals surface area (Å²) in [4.78, 5) is 12.1. The summed E-state index contributed by atoms with van der Waals surface area (Å²) in [5.41, 5.74) is 1.36. The molecule has 5 heteroatoms. The summed E-state index contributed by atoms with van der Waals surface area (Å²) in [6.07, 6.45) is 1.33. The van der Waals surface area contributed by atoms with Crippen LogP contribution >= 0.6 is 0 Å². The summed E-state index contributed by atoms with van der Waals surface area (Å²) in [6, 6.07) is 4.69. The maximum Gasteiger partial charge on any atom is 0.407 e. The number of nitrogens with zero attached hydrogens (tertiary/aromatic N) is 1. The predicted octanol–water partition coefficient (Wildman–Crippen LogP) is 2.60. The molecule has 2 rings (SSSR count). The van der Waals surface area contributed by atoms with E-state index < -0.39 is 6.09 Å². The Bertz CT molecular complexity index is 499. The van der Waals surface area contributed by atoms with E-state index in [1.807, 2.05) is 0 Å². The van der Waals surface area contributed by atoms with Gasteiger partial charge in [0.15, 0.2) is 0 Å². The molecular formula is C13H14FNO3. The molecule has 0 radical (unpaired) electrons. The monoisotopic (exact) mass is 251 g/mol. The smallest absolute Gasteiger partial charge is 0.407 e. The Kier molecular flexibility index (Phi) is 3.50.